The van der Waals surface area contributed by atoms with E-state index >= 15 is 0 Å². The van der Waals surface area contributed by atoms with Crippen LogP contribution in [0.4, 0.5) is 0 Å². The second kappa shape index (κ2) is 12.6. The molecule has 0 amide bonds. The predicted molar refractivity (Wildman–Crippen MR) is 238 cm³/mol. The van der Waals surface area contributed by atoms with Gasteiger partial charge in [-0.15, -0.1) is 11.3 Å². The highest BCUT2D eigenvalue weighted by atomic mass is 32.1. The zero-order valence-electron chi connectivity index (χ0n) is 30.5. The molecule has 12 rings (SSSR count). The van der Waals surface area contributed by atoms with E-state index in [1.54, 1.807) is 0 Å². The van der Waals surface area contributed by atoms with Crippen LogP contribution >= 0.6 is 11.3 Å². The fourth-order valence-corrected chi connectivity index (χ4v) is 9.77. The van der Waals surface area contributed by atoms with Gasteiger partial charge in [-0.3, -0.25) is 4.57 Å². The Hall–Kier alpha value is -7.41. The van der Waals surface area contributed by atoms with E-state index in [1.165, 1.54) is 53.1 Å². The zero-order valence-corrected chi connectivity index (χ0v) is 31.4. The van der Waals surface area contributed by atoms with Crippen molar-refractivity contribution in [3.05, 3.63) is 188 Å². The van der Waals surface area contributed by atoms with Gasteiger partial charge in [-0.1, -0.05) is 152 Å². The number of hydrogen-bond acceptors (Lipinski definition) is 4. The number of para-hydroxylation sites is 2. The van der Waals surface area contributed by atoms with E-state index in [0.717, 1.165) is 38.6 Å². The molecular formula is C51H31N5S. The van der Waals surface area contributed by atoms with Gasteiger partial charge in [0.25, 0.3) is 0 Å². The molecule has 12 aromatic rings. The fraction of sp³-hybridized carbons (Fsp3) is 0. The second-order valence-corrected chi connectivity index (χ2v) is 15.5. The molecule has 0 aliphatic rings. The smallest absolute Gasteiger partial charge is 0.238 e. The van der Waals surface area contributed by atoms with Gasteiger partial charge in [0.2, 0.25) is 5.95 Å². The van der Waals surface area contributed by atoms with E-state index in [2.05, 4.69) is 161 Å². The lowest BCUT2D eigenvalue weighted by molar-refractivity contribution is 0.955. The summed E-state index contributed by atoms with van der Waals surface area (Å²) in [6.45, 7) is 0. The molecule has 0 saturated carbocycles. The van der Waals surface area contributed by atoms with E-state index in [0.29, 0.717) is 17.6 Å². The van der Waals surface area contributed by atoms with Crippen molar-refractivity contribution in [1.82, 2.24) is 24.1 Å². The summed E-state index contributed by atoms with van der Waals surface area (Å²) in [7, 11) is 0. The van der Waals surface area contributed by atoms with Gasteiger partial charge >= 0.3 is 0 Å². The molecule has 57 heavy (non-hydrogen) atoms. The predicted octanol–water partition coefficient (Wildman–Crippen LogP) is 13.4. The van der Waals surface area contributed by atoms with Crippen molar-refractivity contribution in [1.29, 1.82) is 0 Å². The summed E-state index contributed by atoms with van der Waals surface area (Å²) in [5.74, 6) is 1.85. The van der Waals surface area contributed by atoms with Crippen LogP contribution in [-0.2, 0) is 0 Å². The van der Waals surface area contributed by atoms with Gasteiger partial charge in [0.05, 0.1) is 22.1 Å². The lowest BCUT2D eigenvalue weighted by Crippen LogP contribution is -2.06. The highest BCUT2D eigenvalue weighted by Crippen LogP contribution is 2.47. The Bertz CT molecular complexity index is 3430. The monoisotopic (exact) mass is 745 g/mol. The molecule has 8 aromatic carbocycles. The van der Waals surface area contributed by atoms with Crippen LogP contribution in [0.3, 0.4) is 0 Å². The Kier molecular flexibility index (Phi) is 7.03. The van der Waals surface area contributed by atoms with Gasteiger partial charge in [0.1, 0.15) is 0 Å². The van der Waals surface area contributed by atoms with Crippen molar-refractivity contribution in [3.8, 4) is 45.5 Å². The first-order chi connectivity index (χ1) is 28.3. The third-order valence-corrected chi connectivity index (χ3v) is 12.3. The lowest BCUT2D eigenvalue weighted by atomic mass is 10.0. The maximum atomic E-state index is 5.28. The van der Waals surface area contributed by atoms with Gasteiger partial charge < -0.3 is 4.57 Å². The minimum Gasteiger partial charge on any atom is -0.309 e. The normalized spacial score (nSPS) is 11.9. The van der Waals surface area contributed by atoms with Crippen molar-refractivity contribution in [3.63, 3.8) is 0 Å². The molecular weight excluding hydrogens is 715 g/mol. The molecule has 4 heterocycles. The summed E-state index contributed by atoms with van der Waals surface area (Å²) in [6.07, 6.45) is 0. The molecule has 4 aromatic heterocycles. The molecule has 6 heteroatoms. The number of fused-ring (bicyclic) bond motifs is 11. The lowest BCUT2D eigenvalue weighted by Gasteiger charge is -2.12. The van der Waals surface area contributed by atoms with Crippen molar-refractivity contribution >= 4 is 75.1 Å². The van der Waals surface area contributed by atoms with Gasteiger partial charge in [-0.25, -0.2) is 4.98 Å². The fourth-order valence-electron chi connectivity index (χ4n) is 8.66. The Morgan fingerprint density at radius 1 is 0.333 bits per heavy atom. The molecule has 266 valence electrons. The van der Waals surface area contributed by atoms with Gasteiger partial charge in [0.15, 0.2) is 11.6 Å². The first-order valence-corrected chi connectivity index (χ1v) is 19.9. The molecule has 0 spiro atoms. The molecule has 0 radical (unpaired) electrons. The molecule has 0 N–H and O–H groups in total. The Balaban J connectivity index is 1.22. The highest BCUT2D eigenvalue weighted by molar-refractivity contribution is 7.26. The molecule has 0 fully saturated rings. The summed E-state index contributed by atoms with van der Waals surface area (Å²) in [5, 5.41) is 7.19. The standard InChI is InChI=1S/C51H31N5S/c1-4-14-32(15-5-1)33-24-26-36(27-25-33)55-41-22-12-10-20-37(41)39-28-30-43-45(47(39)55)46-44(57-43)31-29-40-38-21-11-13-23-42(38)56(48(40)46)51-53-49(34-16-6-2-7-17-34)52-50(54-51)35-18-8-3-9-19-35/h1-31H. The molecule has 5 nitrogen and oxygen atoms in total. The summed E-state index contributed by atoms with van der Waals surface area (Å²) >= 11 is 1.84. The quantitative estimate of drug-likeness (QED) is 0.176. The summed E-state index contributed by atoms with van der Waals surface area (Å²) in [5.41, 5.74) is 9.92. The third kappa shape index (κ3) is 4.91. The molecule has 0 bridgehead atoms. The van der Waals surface area contributed by atoms with Crippen LogP contribution in [0.1, 0.15) is 0 Å². The molecule has 0 atom stereocenters. The maximum absolute atomic E-state index is 5.28. The average Bonchev–Trinajstić information content (AvgIpc) is 3.95. The van der Waals surface area contributed by atoms with Crippen molar-refractivity contribution in [2.75, 3.05) is 0 Å². The molecule has 0 aliphatic carbocycles. The summed E-state index contributed by atoms with van der Waals surface area (Å²) in [4.78, 5) is 15.6. The van der Waals surface area contributed by atoms with Crippen molar-refractivity contribution < 1.29 is 0 Å². The van der Waals surface area contributed by atoms with Crippen LogP contribution < -0.4 is 0 Å². The summed E-state index contributed by atoms with van der Waals surface area (Å²) in [6, 6.07) is 66.6. The molecule has 0 saturated heterocycles. The SMILES string of the molecule is c1ccc(-c2ccc(-n3c4ccccc4c4ccc5sc6ccc7c8ccccc8n(-c8nc(-c9ccccc9)nc(-c9ccccc9)n8)c7c6c5c43)cc2)cc1. The van der Waals surface area contributed by atoms with Crippen LogP contribution in [0.5, 0.6) is 0 Å². The zero-order chi connectivity index (χ0) is 37.5. The van der Waals surface area contributed by atoms with E-state index < -0.39 is 0 Å². The Morgan fingerprint density at radius 2 is 0.772 bits per heavy atom. The van der Waals surface area contributed by atoms with Crippen LogP contribution in [-0.4, -0.2) is 24.1 Å². The topological polar surface area (TPSA) is 48.5 Å². The third-order valence-electron chi connectivity index (χ3n) is 11.2. The maximum Gasteiger partial charge on any atom is 0.238 e. The molecule has 0 unspecified atom stereocenters. The average molecular weight is 746 g/mol. The first kappa shape index (κ1) is 31.9. The van der Waals surface area contributed by atoms with E-state index in [1.807, 2.05) is 47.7 Å². The van der Waals surface area contributed by atoms with Gasteiger partial charge in [0, 0.05) is 58.5 Å². The minimum atomic E-state index is 0.588. The van der Waals surface area contributed by atoms with Crippen LogP contribution in [0.15, 0.2) is 188 Å². The highest BCUT2D eigenvalue weighted by Gasteiger charge is 2.24. The Labute approximate surface area is 331 Å². The Morgan fingerprint density at radius 3 is 1.32 bits per heavy atom. The number of aromatic nitrogens is 5. The number of thiophene rings is 1. The second-order valence-electron chi connectivity index (χ2n) is 14.4. The van der Waals surface area contributed by atoms with Gasteiger partial charge in [-0.2, -0.15) is 9.97 Å². The minimum absolute atomic E-state index is 0.588. The number of rotatable bonds is 5. The first-order valence-electron chi connectivity index (χ1n) is 19.1. The largest absolute Gasteiger partial charge is 0.309 e. The van der Waals surface area contributed by atoms with E-state index in [4.69, 9.17) is 15.0 Å². The van der Waals surface area contributed by atoms with Crippen LogP contribution in [0.25, 0.3) is 109 Å². The number of nitrogens with zero attached hydrogens (tertiary/aromatic N) is 5. The number of hydrogen-bond donors (Lipinski definition) is 0. The van der Waals surface area contributed by atoms with Crippen LogP contribution in [0, 0.1) is 0 Å². The van der Waals surface area contributed by atoms with Gasteiger partial charge in [-0.05, 0) is 47.5 Å². The van der Waals surface area contributed by atoms with E-state index in [9.17, 15) is 0 Å². The van der Waals surface area contributed by atoms with E-state index in [-0.39, 0.29) is 0 Å². The molecule has 0 aliphatic heterocycles. The summed E-state index contributed by atoms with van der Waals surface area (Å²) < 4.78 is 7.19. The van der Waals surface area contributed by atoms with Crippen LogP contribution in [0.2, 0.25) is 0 Å². The van der Waals surface area contributed by atoms with Crippen molar-refractivity contribution in [2.24, 2.45) is 0 Å². The van der Waals surface area contributed by atoms with Crippen molar-refractivity contribution in [2.45, 2.75) is 0 Å². The number of benzene rings is 8.